The molecule has 0 spiro atoms. The van der Waals surface area contributed by atoms with Crippen molar-refractivity contribution >= 4 is 11.6 Å². The molecule has 0 fully saturated rings. The summed E-state index contributed by atoms with van der Waals surface area (Å²) in [6, 6.07) is 15.6. The molecule has 4 nitrogen and oxygen atoms in total. The van der Waals surface area contributed by atoms with Crippen LogP contribution in [0.2, 0.25) is 0 Å². The Labute approximate surface area is 127 Å². The molecule has 3 aromatic rings. The minimum Gasteiger partial charge on any atom is -0.497 e. The summed E-state index contributed by atoms with van der Waals surface area (Å²) in [5.74, 6) is 0.857. The lowest BCUT2D eigenvalue weighted by Gasteiger charge is -2.07. The molecular weight excluding hydrogens is 281 g/mol. The van der Waals surface area contributed by atoms with Gasteiger partial charge in [-0.15, -0.1) is 0 Å². The first kappa shape index (κ1) is 14.0. The maximum Gasteiger partial charge on any atom is 0.227 e. The minimum absolute atomic E-state index is 0.311. The van der Waals surface area contributed by atoms with Crippen LogP contribution in [0, 0.1) is 5.82 Å². The SMILES string of the molecule is COc1cccc(-c2ccnc(Nc3cccc(F)c3)n2)c1. The monoisotopic (exact) mass is 295 g/mol. The fraction of sp³-hybridized carbons (Fsp3) is 0.0588. The lowest BCUT2D eigenvalue weighted by atomic mass is 10.1. The fourth-order valence-electron chi connectivity index (χ4n) is 2.06. The first-order chi connectivity index (χ1) is 10.7. The van der Waals surface area contributed by atoms with Crippen molar-refractivity contribution < 1.29 is 9.13 Å². The molecule has 0 atom stereocenters. The molecule has 0 aliphatic carbocycles. The van der Waals surface area contributed by atoms with Crippen molar-refractivity contribution in [3.8, 4) is 17.0 Å². The van der Waals surface area contributed by atoms with Crippen molar-refractivity contribution in [2.45, 2.75) is 0 Å². The van der Waals surface area contributed by atoms with Crippen molar-refractivity contribution in [1.82, 2.24) is 9.97 Å². The summed E-state index contributed by atoms with van der Waals surface area (Å²) in [6.07, 6.45) is 1.66. The quantitative estimate of drug-likeness (QED) is 0.789. The molecule has 0 amide bonds. The second-order valence-corrected chi connectivity index (χ2v) is 4.63. The molecule has 2 aromatic carbocycles. The van der Waals surface area contributed by atoms with E-state index in [4.69, 9.17) is 4.74 Å². The van der Waals surface area contributed by atoms with Gasteiger partial charge in [-0.1, -0.05) is 18.2 Å². The summed E-state index contributed by atoms with van der Waals surface area (Å²) in [5, 5.41) is 2.99. The summed E-state index contributed by atoms with van der Waals surface area (Å²) >= 11 is 0. The molecule has 0 aliphatic heterocycles. The van der Waals surface area contributed by atoms with E-state index in [9.17, 15) is 4.39 Å². The van der Waals surface area contributed by atoms with Crippen LogP contribution in [0.25, 0.3) is 11.3 Å². The molecule has 0 aliphatic rings. The average Bonchev–Trinajstić information content (AvgIpc) is 2.55. The average molecular weight is 295 g/mol. The van der Waals surface area contributed by atoms with Crippen LogP contribution < -0.4 is 10.1 Å². The Morgan fingerprint density at radius 3 is 2.73 bits per heavy atom. The Bertz CT molecular complexity index is 792. The third kappa shape index (κ3) is 3.20. The number of anilines is 2. The Kier molecular flexibility index (Phi) is 3.96. The van der Waals surface area contributed by atoms with E-state index < -0.39 is 0 Å². The molecule has 3 rings (SSSR count). The Morgan fingerprint density at radius 1 is 1.05 bits per heavy atom. The third-order valence-electron chi connectivity index (χ3n) is 3.10. The third-order valence-corrected chi connectivity index (χ3v) is 3.10. The minimum atomic E-state index is -0.311. The van der Waals surface area contributed by atoms with E-state index in [0.717, 1.165) is 17.0 Å². The largest absolute Gasteiger partial charge is 0.497 e. The van der Waals surface area contributed by atoms with Gasteiger partial charge < -0.3 is 10.1 Å². The van der Waals surface area contributed by atoms with E-state index in [2.05, 4.69) is 15.3 Å². The Morgan fingerprint density at radius 2 is 1.91 bits per heavy atom. The molecular formula is C17H14FN3O. The number of methoxy groups -OCH3 is 1. The van der Waals surface area contributed by atoms with E-state index in [0.29, 0.717) is 11.6 Å². The van der Waals surface area contributed by atoms with Gasteiger partial charge in [0, 0.05) is 17.4 Å². The molecule has 0 radical (unpaired) electrons. The lowest BCUT2D eigenvalue weighted by Crippen LogP contribution is -1.98. The number of halogens is 1. The second-order valence-electron chi connectivity index (χ2n) is 4.63. The maximum atomic E-state index is 13.2. The van der Waals surface area contributed by atoms with Gasteiger partial charge in [-0.3, -0.25) is 0 Å². The lowest BCUT2D eigenvalue weighted by molar-refractivity contribution is 0.415. The van der Waals surface area contributed by atoms with E-state index in [1.807, 2.05) is 30.3 Å². The number of hydrogen-bond acceptors (Lipinski definition) is 4. The van der Waals surface area contributed by atoms with Crippen LogP contribution in [-0.2, 0) is 0 Å². The van der Waals surface area contributed by atoms with E-state index >= 15 is 0 Å². The number of rotatable bonds is 4. The highest BCUT2D eigenvalue weighted by Crippen LogP contribution is 2.23. The van der Waals surface area contributed by atoms with E-state index in [1.54, 1.807) is 25.4 Å². The Hall–Kier alpha value is -2.95. The molecule has 1 aromatic heterocycles. The van der Waals surface area contributed by atoms with Crippen LogP contribution in [0.15, 0.2) is 60.8 Å². The van der Waals surface area contributed by atoms with Crippen molar-refractivity contribution in [3.05, 3.63) is 66.6 Å². The van der Waals surface area contributed by atoms with Crippen molar-refractivity contribution in [3.63, 3.8) is 0 Å². The van der Waals surface area contributed by atoms with E-state index in [-0.39, 0.29) is 5.82 Å². The number of nitrogens with one attached hydrogen (secondary N) is 1. The van der Waals surface area contributed by atoms with Crippen molar-refractivity contribution in [1.29, 1.82) is 0 Å². The van der Waals surface area contributed by atoms with Gasteiger partial charge in [-0.25, -0.2) is 14.4 Å². The van der Waals surface area contributed by atoms with Crippen LogP contribution in [0.1, 0.15) is 0 Å². The van der Waals surface area contributed by atoms with Gasteiger partial charge in [0.05, 0.1) is 12.8 Å². The highest BCUT2D eigenvalue weighted by Gasteiger charge is 2.04. The topological polar surface area (TPSA) is 47.0 Å². The maximum absolute atomic E-state index is 13.2. The molecule has 0 saturated carbocycles. The summed E-state index contributed by atoms with van der Waals surface area (Å²) < 4.78 is 18.4. The molecule has 1 N–H and O–H groups in total. The molecule has 22 heavy (non-hydrogen) atoms. The number of ether oxygens (including phenoxy) is 1. The van der Waals surface area contributed by atoms with E-state index in [1.165, 1.54) is 12.1 Å². The second kappa shape index (κ2) is 6.22. The summed E-state index contributed by atoms with van der Waals surface area (Å²) in [7, 11) is 1.62. The van der Waals surface area contributed by atoms with Gasteiger partial charge >= 0.3 is 0 Å². The Balaban J connectivity index is 1.89. The van der Waals surface area contributed by atoms with Gasteiger partial charge in [0.1, 0.15) is 11.6 Å². The number of hydrogen-bond donors (Lipinski definition) is 1. The van der Waals surface area contributed by atoms with Gasteiger partial charge in [0.15, 0.2) is 0 Å². The smallest absolute Gasteiger partial charge is 0.227 e. The zero-order valence-electron chi connectivity index (χ0n) is 12.0. The van der Waals surface area contributed by atoms with Crippen LogP contribution >= 0.6 is 0 Å². The molecule has 0 unspecified atom stereocenters. The first-order valence-corrected chi connectivity index (χ1v) is 6.75. The highest BCUT2D eigenvalue weighted by molar-refractivity contribution is 5.63. The van der Waals surface area contributed by atoms with Gasteiger partial charge in [-0.05, 0) is 36.4 Å². The van der Waals surface area contributed by atoms with Crippen LogP contribution in [0.3, 0.4) is 0 Å². The molecule has 5 heteroatoms. The van der Waals surface area contributed by atoms with Gasteiger partial charge in [-0.2, -0.15) is 0 Å². The standard InChI is InChI=1S/C17H14FN3O/c1-22-15-7-2-4-12(10-15)16-8-9-19-17(21-16)20-14-6-3-5-13(18)11-14/h2-11H,1H3,(H,19,20,21). The summed E-state index contributed by atoms with van der Waals surface area (Å²) in [5.41, 5.74) is 2.28. The summed E-state index contributed by atoms with van der Waals surface area (Å²) in [4.78, 5) is 8.60. The summed E-state index contributed by atoms with van der Waals surface area (Å²) in [6.45, 7) is 0. The van der Waals surface area contributed by atoms with Crippen LogP contribution in [0.4, 0.5) is 16.0 Å². The molecule has 110 valence electrons. The molecule has 1 heterocycles. The number of aromatic nitrogens is 2. The fourth-order valence-corrected chi connectivity index (χ4v) is 2.06. The zero-order valence-corrected chi connectivity index (χ0v) is 12.0. The number of nitrogens with zero attached hydrogens (tertiary/aromatic N) is 2. The van der Waals surface area contributed by atoms with Crippen LogP contribution in [-0.4, -0.2) is 17.1 Å². The zero-order chi connectivity index (χ0) is 15.4. The predicted molar refractivity (Wildman–Crippen MR) is 83.7 cm³/mol. The van der Waals surface area contributed by atoms with Crippen molar-refractivity contribution in [2.24, 2.45) is 0 Å². The predicted octanol–water partition coefficient (Wildman–Crippen LogP) is 4.03. The highest BCUT2D eigenvalue weighted by atomic mass is 19.1. The molecule has 0 saturated heterocycles. The van der Waals surface area contributed by atoms with Crippen LogP contribution in [0.5, 0.6) is 5.75 Å². The first-order valence-electron chi connectivity index (χ1n) is 6.75. The van der Waals surface area contributed by atoms with Crippen molar-refractivity contribution in [2.75, 3.05) is 12.4 Å². The number of benzene rings is 2. The van der Waals surface area contributed by atoms with Gasteiger partial charge in [0.25, 0.3) is 0 Å². The normalized spacial score (nSPS) is 10.3. The van der Waals surface area contributed by atoms with Gasteiger partial charge in [0.2, 0.25) is 5.95 Å². The molecule has 0 bridgehead atoms.